The van der Waals surface area contributed by atoms with Crippen molar-refractivity contribution in [1.82, 2.24) is 10.6 Å². The third-order valence-corrected chi connectivity index (χ3v) is 6.44. The maximum absolute atomic E-state index is 12.1. The lowest BCUT2D eigenvalue weighted by Gasteiger charge is -2.21. The Balaban J connectivity index is 0.000000284. The number of nitrogens with one attached hydrogen (secondary N) is 2. The molecule has 0 saturated carbocycles. The highest BCUT2D eigenvalue weighted by Gasteiger charge is 2.23. The van der Waals surface area contributed by atoms with Crippen molar-refractivity contribution in [3.05, 3.63) is 84.9 Å². The molecule has 0 bridgehead atoms. The first-order valence-electron chi connectivity index (χ1n) is 16.5. The first-order chi connectivity index (χ1) is 24.1. The number of carbonyl (C=O) groups excluding carboxylic acids is 4. The number of carboxylic acids is 1. The number of ether oxygens (including phenoxy) is 4. The largest absolute Gasteiger partial charge is 0.480 e. The van der Waals surface area contributed by atoms with Crippen molar-refractivity contribution in [2.75, 3.05) is 0 Å². The van der Waals surface area contributed by atoms with Crippen LogP contribution in [-0.2, 0) is 23.9 Å². The molecule has 0 unspecified atom stereocenters. The molecule has 3 atom stereocenters. The number of rotatable bonds is 7. The minimum Gasteiger partial charge on any atom is -0.480 e. The van der Waals surface area contributed by atoms with E-state index in [0.29, 0.717) is 11.5 Å². The van der Waals surface area contributed by atoms with Gasteiger partial charge in [0.05, 0.1) is 0 Å². The summed E-state index contributed by atoms with van der Waals surface area (Å²) in [5, 5.41) is 17.3. The highest BCUT2D eigenvalue weighted by atomic mass is 16.6. The second-order valence-corrected chi connectivity index (χ2v) is 13.7. The standard InChI is InChI=1S/C18H21NO4.C13H13NO2.C8H15NO4/c1-12(19-17(21)23-18(2,3)4)16(20)22-15-10-9-13-7-5-6-8-14(13)11-15;1-9(14)13(15)16-12-7-6-10-4-2-3-5-11(10)8-12;1-5(6(10)11)9-7(12)13-8(2,3)4/h5-12H,1-4H3,(H,19,21);2-9H,14H2,1H3;5H,1-4H3,(H,9,12)(H,10,11)/t12-;9-;5-/m000/s1. The number of alkyl carbamates (subject to hydrolysis) is 2. The Morgan fingerprint density at radius 1 is 0.577 bits per heavy atom. The first kappa shape index (κ1) is 42.5. The zero-order valence-corrected chi connectivity index (χ0v) is 31.0. The van der Waals surface area contributed by atoms with Gasteiger partial charge >= 0.3 is 30.1 Å². The van der Waals surface area contributed by atoms with E-state index in [1.54, 1.807) is 73.6 Å². The zero-order valence-electron chi connectivity index (χ0n) is 31.0. The Morgan fingerprint density at radius 2 is 0.942 bits per heavy atom. The second-order valence-electron chi connectivity index (χ2n) is 13.7. The molecule has 52 heavy (non-hydrogen) atoms. The third kappa shape index (κ3) is 15.9. The van der Waals surface area contributed by atoms with Crippen molar-refractivity contribution in [2.24, 2.45) is 5.73 Å². The lowest BCUT2D eigenvalue weighted by Crippen LogP contribution is -2.43. The fourth-order valence-electron chi connectivity index (χ4n) is 3.96. The molecule has 0 aliphatic rings. The van der Waals surface area contributed by atoms with Gasteiger partial charge in [-0.25, -0.2) is 19.2 Å². The summed E-state index contributed by atoms with van der Waals surface area (Å²) in [6.45, 7) is 14.9. The number of nitrogens with two attached hydrogens (primary N) is 1. The van der Waals surface area contributed by atoms with Crippen LogP contribution in [0.15, 0.2) is 84.9 Å². The molecule has 280 valence electrons. The van der Waals surface area contributed by atoms with Gasteiger partial charge in [-0.15, -0.1) is 0 Å². The number of hydrogen-bond donors (Lipinski definition) is 4. The van der Waals surface area contributed by atoms with E-state index in [1.807, 2.05) is 66.7 Å². The molecule has 0 aliphatic carbocycles. The van der Waals surface area contributed by atoms with E-state index in [-0.39, 0.29) is 0 Å². The van der Waals surface area contributed by atoms with E-state index in [2.05, 4.69) is 10.6 Å². The lowest BCUT2D eigenvalue weighted by atomic mass is 10.1. The van der Waals surface area contributed by atoms with Gasteiger partial charge in [-0.1, -0.05) is 60.7 Å². The Bertz CT molecular complexity index is 1840. The van der Waals surface area contributed by atoms with Crippen LogP contribution < -0.4 is 25.8 Å². The van der Waals surface area contributed by atoms with E-state index < -0.39 is 59.4 Å². The Hall–Kier alpha value is -5.69. The number of hydrogen-bond acceptors (Lipinski definition) is 10. The van der Waals surface area contributed by atoms with Crippen LogP contribution in [0, 0.1) is 0 Å². The Kier molecular flexibility index (Phi) is 15.6. The van der Waals surface area contributed by atoms with Gasteiger partial charge in [-0.3, -0.25) is 4.79 Å². The number of benzene rings is 4. The average Bonchev–Trinajstić information content (AvgIpc) is 3.03. The molecule has 4 rings (SSSR count). The Labute approximate surface area is 303 Å². The topological polar surface area (TPSA) is 193 Å². The molecule has 0 aliphatic heterocycles. The molecule has 5 N–H and O–H groups in total. The van der Waals surface area contributed by atoms with Gasteiger partial charge < -0.3 is 40.4 Å². The van der Waals surface area contributed by atoms with E-state index >= 15 is 0 Å². The van der Waals surface area contributed by atoms with Crippen LogP contribution in [0.25, 0.3) is 21.5 Å². The minimum absolute atomic E-state index is 0.421. The van der Waals surface area contributed by atoms with Crippen molar-refractivity contribution < 1.29 is 48.0 Å². The van der Waals surface area contributed by atoms with Crippen molar-refractivity contribution in [3.63, 3.8) is 0 Å². The molecule has 4 aromatic carbocycles. The van der Waals surface area contributed by atoms with E-state index in [9.17, 15) is 24.0 Å². The quantitative estimate of drug-likeness (QED) is 0.117. The van der Waals surface area contributed by atoms with Crippen LogP contribution in [0.2, 0.25) is 0 Å². The molecular weight excluding hydrogens is 670 g/mol. The summed E-state index contributed by atoms with van der Waals surface area (Å²) in [4.78, 5) is 56.3. The van der Waals surface area contributed by atoms with Gasteiger partial charge in [0, 0.05) is 0 Å². The van der Waals surface area contributed by atoms with Crippen LogP contribution in [-0.4, -0.2) is 64.5 Å². The predicted molar refractivity (Wildman–Crippen MR) is 198 cm³/mol. The molecule has 13 nitrogen and oxygen atoms in total. The van der Waals surface area contributed by atoms with Crippen LogP contribution in [0.5, 0.6) is 11.5 Å². The van der Waals surface area contributed by atoms with Gasteiger partial charge in [-0.05, 0) is 108 Å². The van der Waals surface area contributed by atoms with E-state index in [1.165, 1.54) is 6.92 Å². The Morgan fingerprint density at radius 3 is 1.31 bits per heavy atom. The normalized spacial score (nSPS) is 12.7. The molecule has 0 radical (unpaired) electrons. The molecule has 0 aromatic heterocycles. The lowest BCUT2D eigenvalue weighted by molar-refractivity contribution is -0.139. The molecule has 2 amide bonds. The second kappa shape index (κ2) is 19.1. The summed E-state index contributed by atoms with van der Waals surface area (Å²) in [6.07, 6.45) is -1.37. The number of carbonyl (C=O) groups is 5. The predicted octanol–water partition coefficient (Wildman–Crippen LogP) is 6.74. The van der Waals surface area contributed by atoms with Gasteiger partial charge in [-0.2, -0.15) is 0 Å². The van der Waals surface area contributed by atoms with Crippen molar-refractivity contribution in [3.8, 4) is 11.5 Å². The SMILES string of the molecule is C[C@H](N)C(=O)Oc1ccc2ccccc2c1.C[C@H](NC(=O)OC(C)(C)C)C(=O)O.C[C@H](NC(=O)OC(C)(C)C)C(=O)Oc1ccc2ccccc2c1. The molecule has 0 fully saturated rings. The van der Waals surface area contributed by atoms with Gasteiger partial charge in [0.25, 0.3) is 0 Å². The number of amides is 2. The summed E-state index contributed by atoms with van der Waals surface area (Å²) in [6, 6.07) is 24.2. The van der Waals surface area contributed by atoms with Crippen LogP contribution in [0.3, 0.4) is 0 Å². The highest BCUT2D eigenvalue weighted by molar-refractivity contribution is 5.87. The van der Waals surface area contributed by atoms with E-state index in [4.69, 9.17) is 29.8 Å². The monoisotopic (exact) mass is 719 g/mol. The van der Waals surface area contributed by atoms with Crippen molar-refractivity contribution >= 4 is 51.6 Å². The smallest absolute Gasteiger partial charge is 0.408 e. The number of esters is 2. The zero-order chi connectivity index (χ0) is 39.2. The van der Waals surface area contributed by atoms with Crippen molar-refractivity contribution in [1.29, 1.82) is 0 Å². The number of fused-ring (bicyclic) bond motifs is 2. The van der Waals surface area contributed by atoms with Gasteiger partial charge in [0.1, 0.15) is 40.8 Å². The fraction of sp³-hybridized carbons (Fsp3) is 0.359. The van der Waals surface area contributed by atoms with E-state index in [0.717, 1.165) is 21.5 Å². The average molecular weight is 720 g/mol. The third-order valence-electron chi connectivity index (χ3n) is 6.44. The van der Waals surface area contributed by atoms with Gasteiger partial charge in [0.2, 0.25) is 0 Å². The minimum atomic E-state index is -1.09. The maximum atomic E-state index is 12.1. The van der Waals surface area contributed by atoms with Crippen LogP contribution in [0.4, 0.5) is 9.59 Å². The molecule has 0 spiro atoms. The summed E-state index contributed by atoms with van der Waals surface area (Å²) in [5.41, 5.74) is 4.19. The first-order valence-corrected chi connectivity index (χ1v) is 16.5. The maximum Gasteiger partial charge on any atom is 0.408 e. The van der Waals surface area contributed by atoms with Crippen LogP contribution >= 0.6 is 0 Å². The molecular formula is C39H49N3O10. The number of aliphatic carboxylic acids is 1. The molecule has 0 heterocycles. The number of carboxylic acid groups (broad SMARTS) is 1. The van der Waals surface area contributed by atoms with Crippen molar-refractivity contribution in [2.45, 2.75) is 91.6 Å². The summed E-state index contributed by atoms with van der Waals surface area (Å²) in [5.74, 6) is -1.10. The summed E-state index contributed by atoms with van der Waals surface area (Å²) >= 11 is 0. The summed E-state index contributed by atoms with van der Waals surface area (Å²) in [7, 11) is 0. The van der Waals surface area contributed by atoms with Crippen LogP contribution in [0.1, 0.15) is 62.3 Å². The molecule has 4 aromatic rings. The fourth-order valence-corrected chi connectivity index (χ4v) is 3.96. The molecule has 0 saturated heterocycles. The molecule has 13 heteroatoms. The van der Waals surface area contributed by atoms with Gasteiger partial charge in [0.15, 0.2) is 0 Å². The summed E-state index contributed by atoms with van der Waals surface area (Å²) < 4.78 is 20.4. The highest BCUT2D eigenvalue weighted by Crippen LogP contribution is 2.22.